The maximum absolute atomic E-state index is 12.4. The second-order valence-corrected chi connectivity index (χ2v) is 9.08. The fourth-order valence-corrected chi connectivity index (χ4v) is 4.68. The summed E-state index contributed by atoms with van der Waals surface area (Å²) in [5, 5.41) is 7.12. The molecule has 2 amide bonds. The number of carbonyl (C=O) groups excluding carboxylic acids is 2. The number of ether oxygens (including phenoxy) is 1. The molecule has 1 saturated heterocycles. The highest BCUT2D eigenvalue weighted by atomic mass is 19.4. The average Bonchev–Trinajstić information content (AvgIpc) is 2.98. The molecular formula is C21H36F3N3O5. The van der Waals surface area contributed by atoms with Crippen LogP contribution in [0.15, 0.2) is 0 Å². The van der Waals surface area contributed by atoms with Crippen molar-refractivity contribution < 1.29 is 37.4 Å². The standard InChI is InChI=1S/C19H35N3O3.C2HF3O2/c1-21(2)19(7-5-13-25-3)10-8-18(9-11-19)14-17(24)22(15-18)12-4-6-16(20)23;3-2(4,5)1(6)7/h4-15H2,1-3H3,(H2,20,23);(H,6,7). The maximum atomic E-state index is 12.4. The van der Waals surface area contributed by atoms with Crippen LogP contribution in [-0.4, -0.2) is 85.3 Å². The van der Waals surface area contributed by atoms with E-state index in [9.17, 15) is 22.8 Å². The fraction of sp³-hybridized carbons (Fsp3) is 0.857. The van der Waals surface area contributed by atoms with Crippen LogP contribution in [0.2, 0.25) is 0 Å². The highest BCUT2D eigenvalue weighted by Crippen LogP contribution is 2.49. The highest BCUT2D eigenvalue weighted by molar-refractivity contribution is 5.79. The van der Waals surface area contributed by atoms with Gasteiger partial charge < -0.3 is 25.4 Å². The quantitative estimate of drug-likeness (QED) is 0.504. The number of carboxylic acids is 1. The summed E-state index contributed by atoms with van der Waals surface area (Å²) in [4.78, 5) is 36.5. The number of amides is 2. The molecule has 2 aliphatic rings. The number of alkyl halides is 3. The van der Waals surface area contributed by atoms with Crippen LogP contribution < -0.4 is 5.73 Å². The SMILES string of the molecule is COCCCC1(N(C)C)CCC2(CC1)CC(=O)N(CCCC(N)=O)C2.O=C(O)C(F)(F)F. The summed E-state index contributed by atoms with van der Waals surface area (Å²) < 4.78 is 37.0. The summed E-state index contributed by atoms with van der Waals surface area (Å²) in [7, 11) is 6.12. The Hall–Kier alpha value is -1.88. The number of carbonyl (C=O) groups is 3. The van der Waals surface area contributed by atoms with E-state index in [1.54, 1.807) is 7.11 Å². The number of likely N-dealkylation sites (tertiary alicyclic amines) is 1. The van der Waals surface area contributed by atoms with E-state index in [1.807, 2.05) is 4.90 Å². The summed E-state index contributed by atoms with van der Waals surface area (Å²) in [6, 6.07) is 0. The lowest BCUT2D eigenvalue weighted by molar-refractivity contribution is -0.192. The van der Waals surface area contributed by atoms with Crippen LogP contribution in [0.25, 0.3) is 0 Å². The molecule has 0 unspecified atom stereocenters. The molecule has 2 fully saturated rings. The molecule has 0 radical (unpaired) electrons. The predicted octanol–water partition coefficient (Wildman–Crippen LogP) is 2.40. The first-order chi connectivity index (χ1) is 14.8. The van der Waals surface area contributed by atoms with Crippen molar-refractivity contribution in [3.63, 3.8) is 0 Å². The third-order valence-electron chi connectivity index (χ3n) is 6.68. The van der Waals surface area contributed by atoms with Gasteiger partial charge in [0.1, 0.15) is 0 Å². The van der Waals surface area contributed by atoms with Crippen LogP contribution in [0, 0.1) is 5.41 Å². The third-order valence-corrected chi connectivity index (χ3v) is 6.68. The number of nitrogens with two attached hydrogens (primary N) is 1. The van der Waals surface area contributed by atoms with Gasteiger partial charge in [-0.3, -0.25) is 9.59 Å². The average molecular weight is 468 g/mol. The molecule has 0 bridgehead atoms. The van der Waals surface area contributed by atoms with E-state index in [-0.39, 0.29) is 22.8 Å². The number of methoxy groups -OCH3 is 1. The lowest BCUT2D eigenvalue weighted by Crippen LogP contribution is -2.49. The van der Waals surface area contributed by atoms with E-state index in [0.29, 0.717) is 25.8 Å². The van der Waals surface area contributed by atoms with E-state index in [4.69, 9.17) is 20.4 Å². The van der Waals surface area contributed by atoms with Crippen molar-refractivity contribution in [1.82, 2.24) is 9.80 Å². The van der Waals surface area contributed by atoms with Gasteiger partial charge in [0.05, 0.1) is 0 Å². The number of carboxylic acid groups (broad SMARTS) is 1. The van der Waals surface area contributed by atoms with Crippen LogP contribution in [0.5, 0.6) is 0 Å². The molecule has 0 aromatic heterocycles. The van der Waals surface area contributed by atoms with Crippen LogP contribution in [0.1, 0.15) is 57.8 Å². The first kappa shape index (κ1) is 28.2. The Morgan fingerprint density at radius 3 is 2.19 bits per heavy atom. The zero-order valence-electron chi connectivity index (χ0n) is 19.2. The number of hydrogen-bond donors (Lipinski definition) is 2. The molecular weight excluding hydrogens is 431 g/mol. The molecule has 8 nitrogen and oxygen atoms in total. The van der Waals surface area contributed by atoms with E-state index in [0.717, 1.165) is 51.7 Å². The Labute approximate surface area is 187 Å². The zero-order valence-corrected chi connectivity index (χ0v) is 19.2. The molecule has 1 aliphatic heterocycles. The fourth-order valence-electron chi connectivity index (χ4n) is 4.68. The number of aliphatic carboxylic acids is 1. The van der Waals surface area contributed by atoms with Gasteiger partial charge in [-0.25, -0.2) is 4.79 Å². The van der Waals surface area contributed by atoms with Crippen LogP contribution in [0.4, 0.5) is 13.2 Å². The molecule has 11 heteroatoms. The zero-order chi connectivity index (χ0) is 24.6. The molecule has 0 atom stereocenters. The molecule has 1 heterocycles. The van der Waals surface area contributed by atoms with Gasteiger partial charge in [0.25, 0.3) is 0 Å². The van der Waals surface area contributed by atoms with Gasteiger partial charge in [0.15, 0.2) is 0 Å². The van der Waals surface area contributed by atoms with E-state index >= 15 is 0 Å². The topological polar surface area (TPSA) is 113 Å². The number of nitrogens with zero attached hydrogens (tertiary/aromatic N) is 2. The smallest absolute Gasteiger partial charge is 0.475 e. The number of hydrogen-bond acceptors (Lipinski definition) is 5. The number of primary amides is 1. The minimum Gasteiger partial charge on any atom is -0.475 e. The first-order valence-electron chi connectivity index (χ1n) is 10.8. The summed E-state index contributed by atoms with van der Waals surface area (Å²) in [5.74, 6) is -2.79. The van der Waals surface area contributed by atoms with E-state index in [1.165, 1.54) is 0 Å². The molecule has 186 valence electrons. The Bertz CT molecular complexity index is 647. The monoisotopic (exact) mass is 467 g/mol. The van der Waals surface area contributed by atoms with Crippen LogP contribution in [0.3, 0.4) is 0 Å². The molecule has 2 rings (SSSR count). The molecule has 0 aromatic rings. The summed E-state index contributed by atoms with van der Waals surface area (Å²) in [6.07, 6.45) is 3.37. The van der Waals surface area contributed by atoms with Gasteiger partial charge >= 0.3 is 12.1 Å². The first-order valence-corrected chi connectivity index (χ1v) is 10.8. The largest absolute Gasteiger partial charge is 0.490 e. The van der Waals surface area contributed by atoms with Crippen molar-refractivity contribution >= 4 is 17.8 Å². The second-order valence-electron chi connectivity index (χ2n) is 9.08. The second kappa shape index (κ2) is 11.8. The predicted molar refractivity (Wildman–Crippen MR) is 112 cm³/mol. The van der Waals surface area contributed by atoms with Gasteiger partial charge in [-0.2, -0.15) is 13.2 Å². The Morgan fingerprint density at radius 1 is 1.19 bits per heavy atom. The number of halogens is 3. The normalized spacial score (nSPS) is 25.7. The van der Waals surface area contributed by atoms with E-state index < -0.39 is 12.1 Å². The number of rotatable bonds is 9. The molecule has 32 heavy (non-hydrogen) atoms. The minimum absolute atomic E-state index is 0.143. The highest BCUT2D eigenvalue weighted by Gasteiger charge is 2.49. The lowest BCUT2D eigenvalue weighted by atomic mass is 9.65. The van der Waals surface area contributed by atoms with Crippen molar-refractivity contribution in [1.29, 1.82) is 0 Å². The van der Waals surface area contributed by atoms with Gasteiger partial charge in [-0.1, -0.05) is 0 Å². The Morgan fingerprint density at radius 2 is 1.75 bits per heavy atom. The van der Waals surface area contributed by atoms with Crippen molar-refractivity contribution in [2.75, 3.05) is 40.9 Å². The summed E-state index contributed by atoms with van der Waals surface area (Å²) in [6.45, 7) is 2.33. The van der Waals surface area contributed by atoms with Crippen molar-refractivity contribution in [3.8, 4) is 0 Å². The Balaban J connectivity index is 0.000000633. The van der Waals surface area contributed by atoms with Gasteiger partial charge in [0.2, 0.25) is 11.8 Å². The Kier molecular flexibility index (Phi) is 10.4. The van der Waals surface area contributed by atoms with Crippen molar-refractivity contribution in [3.05, 3.63) is 0 Å². The van der Waals surface area contributed by atoms with E-state index in [2.05, 4.69) is 19.0 Å². The molecule has 0 aromatic carbocycles. The minimum atomic E-state index is -5.08. The lowest BCUT2D eigenvalue weighted by Gasteiger charge is -2.48. The molecule has 1 saturated carbocycles. The van der Waals surface area contributed by atoms with Gasteiger partial charge in [-0.15, -0.1) is 0 Å². The maximum Gasteiger partial charge on any atom is 0.490 e. The molecule has 1 spiro atoms. The van der Waals surface area contributed by atoms with Crippen molar-refractivity contribution in [2.24, 2.45) is 11.1 Å². The third kappa shape index (κ3) is 8.23. The summed E-state index contributed by atoms with van der Waals surface area (Å²) in [5.41, 5.74) is 5.59. The molecule has 1 aliphatic carbocycles. The van der Waals surface area contributed by atoms with Gasteiger partial charge in [-0.05, 0) is 64.5 Å². The van der Waals surface area contributed by atoms with Crippen LogP contribution >= 0.6 is 0 Å². The van der Waals surface area contributed by atoms with Gasteiger partial charge in [0, 0.05) is 45.2 Å². The van der Waals surface area contributed by atoms with Crippen LogP contribution in [-0.2, 0) is 19.1 Å². The summed E-state index contributed by atoms with van der Waals surface area (Å²) >= 11 is 0. The molecule has 3 N–H and O–H groups in total. The van der Waals surface area contributed by atoms with Crippen molar-refractivity contribution in [2.45, 2.75) is 69.5 Å².